The lowest BCUT2D eigenvalue weighted by Crippen LogP contribution is -2.05. The van der Waals surface area contributed by atoms with Gasteiger partial charge in [0.05, 0.1) is 12.7 Å². The molecule has 0 atom stereocenters. The monoisotopic (exact) mass is 321 g/mol. The molecule has 120 valence electrons. The highest BCUT2D eigenvalue weighted by molar-refractivity contribution is 6.04. The minimum atomic E-state index is -4.40. The van der Waals surface area contributed by atoms with E-state index < -0.39 is 11.7 Å². The number of nitrogens with one attached hydrogen (secondary N) is 1. The number of carbonyl (C=O) groups is 1. The molecule has 3 nitrogen and oxygen atoms in total. The number of allylic oxidation sites excluding steroid dienone is 1. The molecule has 0 aliphatic heterocycles. The van der Waals surface area contributed by atoms with Gasteiger partial charge in [0.15, 0.2) is 5.78 Å². The van der Waals surface area contributed by atoms with E-state index in [0.717, 1.165) is 12.1 Å². The molecule has 0 saturated heterocycles. The lowest BCUT2D eigenvalue weighted by atomic mass is 10.1. The predicted octanol–water partition coefficient (Wildman–Crippen LogP) is 4.52. The van der Waals surface area contributed by atoms with Gasteiger partial charge < -0.3 is 10.1 Å². The number of ether oxygens (including phenoxy) is 1. The minimum Gasteiger partial charge on any atom is -0.497 e. The number of halogens is 3. The Labute approximate surface area is 131 Å². The van der Waals surface area contributed by atoms with E-state index in [1.54, 1.807) is 24.3 Å². The quantitative estimate of drug-likeness (QED) is 0.650. The van der Waals surface area contributed by atoms with E-state index in [9.17, 15) is 18.0 Å². The van der Waals surface area contributed by atoms with Gasteiger partial charge >= 0.3 is 6.18 Å². The lowest BCUT2D eigenvalue weighted by Gasteiger charge is -2.08. The molecule has 0 bridgehead atoms. The predicted molar refractivity (Wildman–Crippen MR) is 81.5 cm³/mol. The van der Waals surface area contributed by atoms with Gasteiger partial charge in [0.1, 0.15) is 5.75 Å². The van der Waals surface area contributed by atoms with Gasteiger partial charge in [-0.25, -0.2) is 0 Å². The maximum absolute atomic E-state index is 12.6. The summed E-state index contributed by atoms with van der Waals surface area (Å²) >= 11 is 0. The number of anilines is 1. The number of benzene rings is 2. The van der Waals surface area contributed by atoms with Crippen LogP contribution in [0.25, 0.3) is 0 Å². The summed E-state index contributed by atoms with van der Waals surface area (Å²) in [4.78, 5) is 12.0. The van der Waals surface area contributed by atoms with Gasteiger partial charge in [0.2, 0.25) is 0 Å². The van der Waals surface area contributed by atoms with E-state index in [2.05, 4.69) is 5.32 Å². The summed E-state index contributed by atoms with van der Waals surface area (Å²) < 4.78 is 42.8. The Bertz CT molecular complexity index is 724. The summed E-state index contributed by atoms with van der Waals surface area (Å²) in [6, 6.07) is 11.3. The number of ketones is 1. The topological polar surface area (TPSA) is 38.3 Å². The van der Waals surface area contributed by atoms with Crippen molar-refractivity contribution in [1.29, 1.82) is 0 Å². The molecule has 23 heavy (non-hydrogen) atoms. The summed E-state index contributed by atoms with van der Waals surface area (Å²) in [5.74, 6) is 0.262. The first kappa shape index (κ1) is 16.6. The fourth-order valence-electron chi connectivity index (χ4n) is 1.87. The lowest BCUT2D eigenvalue weighted by molar-refractivity contribution is -0.137. The second-order valence-corrected chi connectivity index (χ2v) is 4.65. The smallest absolute Gasteiger partial charge is 0.416 e. The molecule has 0 aliphatic carbocycles. The van der Waals surface area contributed by atoms with Crippen LogP contribution in [0.4, 0.5) is 18.9 Å². The zero-order valence-electron chi connectivity index (χ0n) is 12.2. The van der Waals surface area contributed by atoms with Gasteiger partial charge in [-0.2, -0.15) is 13.2 Å². The van der Waals surface area contributed by atoms with E-state index in [4.69, 9.17) is 4.74 Å². The first-order valence-corrected chi connectivity index (χ1v) is 6.69. The second kappa shape index (κ2) is 7.00. The SMILES string of the molecule is COc1cccc(C(=O)C=CNc2cccc(C(F)(F)F)c2)c1. The molecule has 0 aromatic heterocycles. The highest BCUT2D eigenvalue weighted by Crippen LogP contribution is 2.30. The Morgan fingerprint density at radius 3 is 2.57 bits per heavy atom. The zero-order valence-corrected chi connectivity index (χ0v) is 12.2. The van der Waals surface area contributed by atoms with Gasteiger partial charge in [0, 0.05) is 23.5 Å². The highest BCUT2D eigenvalue weighted by Gasteiger charge is 2.30. The molecule has 2 rings (SSSR count). The molecule has 0 unspecified atom stereocenters. The van der Waals surface area contributed by atoms with Gasteiger partial charge in [-0.15, -0.1) is 0 Å². The summed E-state index contributed by atoms with van der Waals surface area (Å²) in [6.45, 7) is 0. The molecule has 0 amide bonds. The van der Waals surface area contributed by atoms with Crippen molar-refractivity contribution in [3.05, 3.63) is 71.9 Å². The molecule has 6 heteroatoms. The molecule has 0 spiro atoms. The average Bonchev–Trinajstić information content (AvgIpc) is 2.54. The molecule has 0 aliphatic rings. The van der Waals surface area contributed by atoms with E-state index in [0.29, 0.717) is 11.3 Å². The molecule has 0 heterocycles. The van der Waals surface area contributed by atoms with Crippen molar-refractivity contribution in [1.82, 2.24) is 0 Å². The highest BCUT2D eigenvalue weighted by atomic mass is 19.4. The Morgan fingerprint density at radius 1 is 1.13 bits per heavy atom. The van der Waals surface area contributed by atoms with Crippen LogP contribution in [0.15, 0.2) is 60.8 Å². The number of hydrogen-bond donors (Lipinski definition) is 1. The van der Waals surface area contributed by atoms with Crippen LogP contribution >= 0.6 is 0 Å². The Morgan fingerprint density at radius 2 is 1.87 bits per heavy atom. The van der Waals surface area contributed by atoms with Crippen LogP contribution in [0.1, 0.15) is 15.9 Å². The van der Waals surface area contributed by atoms with E-state index >= 15 is 0 Å². The molecule has 0 fully saturated rings. The third-order valence-corrected chi connectivity index (χ3v) is 3.03. The fourth-order valence-corrected chi connectivity index (χ4v) is 1.87. The van der Waals surface area contributed by atoms with Crippen molar-refractivity contribution in [2.24, 2.45) is 0 Å². The van der Waals surface area contributed by atoms with Crippen molar-refractivity contribution < 1.29 is 22.7 Å². The first-order valence-electron chi connectivity index (χ1n) is 6.69. The third kappa shape index (κ3) is 4.60. The molecule has 2 aromatic rings. The van der Waals surface area contributed by atoms with Crippen LogP contribution in [0.2, 0.25) is 0 Å². The number of hydrogen-bond acceptors (Lipinski definition) is 3. The van der Waals surface area contributed by atoms with Crippen molar-refractivity contribution in [2.75, 3.05) is 12.4 Å². The summed E-state index contributed by atoms with van der Waals surface area (Å²) in [5.41, 5.74) is -0.0871. The van der Waals surface area contributed by atoms with Crippen molar-refractivity contribution >= 4 is 11.5 Å². The van der Waals surface area contributed by atoms with Gasteiger partial charge in [0.25, 0.3) is 0 Å². The molecule has 0 radical (unpaired) electrons. The molecular weight excluding hydrogens is 307 g/mol. The van der Waals surface area contributed by atoms with Gasteiger partial charge in [-0.3, -0.25) is 4.79 Å². The number of rotatable bonds is 5. The number of alkyl halides is 3. The Hall–Kier alpha value is -2.76. The standard InChI is InChI=1S/C17H14F3NO2/c1-23-15-7-2-4-12(10-15)16(22)8-9-21-14-6-3-5-13(11-14)17(18,19)20/h2-11,21H,1H3. The maximum atomic E-state index is 12.6. The van der Waals surface area contributed by atoms with E-state index in [1.807, 2.05) is 0 Å². The summed E-state index contributed by atoms with van der Waals surface area (Å²) in [7, 11) is 1.49. The first-order chi connectivity index (χ1) is 10.9. The fraction of sp³-hybridized carbons (Fsp3) is 0.118. The van der Waals surface area contributed by atoms with Crippen LogP contribution in [0.3, 0.4) is 0 Å². The van der Waals surface area contributed by atoms with E-state index in [1.165, 1.54) is 31.5 Å². The molecule has 1 N–H and O–H groups in total. The van der Waals surface area contributed by atoms with Crippen LogP contribution in [0.5, 0.6) is 5.75 Å². The molecule has 0 saturated carbocycles. The summed E-state index contributed by atoms with van der Waals surface area (Å²) in [6.07, 6.45) is -1.86. The normalized spacial score (nSPS) is 11.5. The average molecular weight is 321 g/mol. The van der Waals surface area contributed by atoms with Crippen molar-refractivity contribution in [2.45, 2.75) is 6.18 Å². The van der Waals surface area contributed by atoms with Crippen LogP contribution < -0.4 is 10.1 Å². The van der Waals surface area contributed by atoms with Crippen LogP contribution in [-0.4, -0.2) is 12.9 Å². The van der Waals surface area contributed by atoms with Crippen molar-refractivity contribution in [3.63, 3.8) is 0 Å². The largest absolute Gasteiger partial charge is 0.497 e. The Kier molecular flexibility index (Phi) is 5.05. The number of methoxy groups -OCH3 is 1. The molecule has 2 aromatic carbocycles. The van der Waals surface area contributed by atoms with Gasteiger partial charge in [-0.1, -0.05) is 18.2 Å². The van der Waals surface area contributed by atoms with Crippen molar-refractivity contribution in [3.8, 4) is 5.75 Å². The maximum Gasteiger partial charge on any atom is 0.416 e. The summed E-state index contributed by atoms with van der Waals surface area (Å²) in [5, 5.41) is 2.65. The number of carbonyl (C=O) groups excluding carboxylic acids is 1. The minimum absolute atomic E-state index is 0.245. The zero-order chi connectivity index (χ0) is 16.9. The van der Waals surface area contributed by atoms with Crippen LogP contribution in [0, 0.1) is 0 Å². The molecular formula is C17H14F3NO2. The van der Waals surface area contributed by atoms with Gasteiger partial charge in [-0.05, 0) is 30.3 Å². The Balaban J connectivity index is 2.05. The third-order valence-electron chi connectivity index (χ3n) is 3.03. The second-order valence-electron chi connectivity index (χ2n) is 4.65. The van der Waals surface area contributed by atoms with E-state index in [-0.39, 0.29) is 11.5 Å². The van der Waals surface area contributed by atoms with Crippen LogP contribution in [-0.2, 0) is 6.18 Å².